The average Bonchev–Trinajstić information content (AvgIpc) is 2.71. The summed E-state index contributed by atoms with van der Waals surface area (Å²) in [5, 5.41) is 3.33. The lowest BCUT2D eigenvalue weighted by Crippen LogP contribution is -2.21. The van der Waals surface area contributed by atoms with Gasteiger partial charge in [0, 0.05) is 24.7 Å². The molecule has 4 nitrogen and oxygen atoms in total. The first-order valence-corrected chi connectivity index (χ1v) is 6.90. The van der Waals surface area contributed by atoms with Crippen molar-refractivity contribution >= 4 is 27.0 Å². The summed E-state index contributed by atoms with van der Waals surface area (Å²) in [7, 11) is 1.71. The van der Waals surface area contributed by atoms with Gasteiger partial charge in [-0.05, 0) is 25.1 Å². The number of fused-ring (bicyclic) bond motifs is 1. The summed E-state index contributed by atoms with van der Waals surface area (Å²) in [6, 6.07) is 6.22. The van der Waals surface area contributed by atoms with Crippen molar-refractivity contribution in [3.05, 3.63) is 28.5 Å². The van der Waals surface area contributed by atoms with Gasteiger partial charge in [-0.2, -0.15) is 0 Å². The molecule has 2 rings (SSSR count). The van der Waals surface area contributed by atoms with Gasteiger partial charge < -0.3 is 14.6 Å². The van der Waals surface area contributed by atoms with E-state index in [1.807, 2.05) is 0 Å². The topological polar surface area (TPSA) is 39.1 Å². The number of methoxy groups -OCH3 is 1. The van der Waals surface area contributed by atoms with Crippen LogP contribution in [0, 0.1) is 0 Å². The predicted molar refractivity (Wildman–Crippen MR) is 76.7 cm³/mol. The van der Waals surface area contributed by atoms with Crippen LogP contribution in [0.4, 0.5) is 0 Å². The van der Waals surface area contributed by atoms with Crippen LogP contribution in [0.5, 0.6) is 0 Å². The second-order valence-corrected chi connectivity index (χ2v) is 4.99. The fourth-order valence-electron chi connectivity index (χ4n) is 2.02. The van der Waals surface area contributed by atoms with Gasteiger partial charge in [-0.15, -0.1) is 0 Å². The minimum absolute atomic E-state index is 0.720. The van der Waals surface area contributed by atoms with Crippen molar-refractivity contribution in [3.8, 4) is 0 Å². The predicted octanol–water partition coefficient (Wildman–Crippen LogP) is 2.55. The van der Waals surface area contributed by atoms with Crippen LogP contribution in [0.2, 0.25) is 0 Å². The Kier molecular flexibility index (Phi) is 4.74. The van der Waals surface area contributed by atoms with Crippen LogP contribution in [0.3, 0.4) is 0 Å². The summed E-state index contributed by atoms with van der Waals surface area (Å²) in [6.45, 7) is 5.40. The van der Waals surface area contributed by atoms with Gasteiger partial charge in [-0.1, -0.05) is 15.9 Å². The maximum atomic E-state index is 5.02. The highest BCUT2D eigenvalue weighted by atomic mass is 79.9. The van der Waals surface area contributed by atoms with E-state index in [1.165, 1.54) is 5.52 Å². The van der Waals surface area contributed by atoms with Crippen LogP contribution >= 0.6 is 15.9 Å². The standard InChI is InChI=1S/C13H18BrN3O/c1-3-17-12-5-4-10(14)8-11(12)16-13(17)9-15-6-7-18-2/h4-5,8,15H,3,6-7,9H2,1-2H3. The molecule has 1 N–H and O–H groups in total. The SMILES string of the molecule is CCn1c(CNCCOC)nc2cc(Br)ccc21. The van der Waals surface area contributed by atoms with Gasteiger partial charge in [0.25, 0.3) is 0 Å². The molecular formula is C13H18BrN3O. The van der Waals surface area contributed by atoms with Crippen molar-refractivity contribution in [2.75, 3.05) is 20.3 Å². The zero-order valence-corrected chi connectivity index (χ0v) is 12.3. The Bertz CT molecular complexity index is 524. The summed E-state index contributed by atoms with van der Waals surface area (Å²) >= 11 is 3.48. The average molecular weight is 312 g/mol. The maximum absolute atomic E-state index is 5.02. The lowest BCUT2D eigenvalue weighted by Gasteiger charge is -2.07. The number of hydrogen-bond acceptors (Lipinski definition) is 3. The Morgan fingerprint density at radius 1 is 1.44 bits per heavy atom. The summed E-state index contributed by atoms with van der Waals surface area (Å²) in [6.07, 6.45) is 0. The Morgan fingerprint density at radius 3 is 3.00 bits per heavy atom. The Morgan fingerprint density at radius 2 is 2.28 bits per heavy atom. The number of halogens is 1. The monoisotopic (exact) mass is 311 g/mol. The van der Waals surface area contributed by atoms with Gasteiger partial charge in [-0.3, -0.25) is 0 Å². The molecule has 0 saturated carbocycles. The fraction of sp³-hybridized carbons (Fsp3) is 0.462. The van der Waals surface area contributed by atoms with Crippen molar-refractivity contribution < 1.29 is 4.74 Å². The molecule has 0 unspecified atom stereocenters. The molecule has 0 atom stereocenters. The van der Waals surface area contributed by atoms with Crippen LogP contribution in [0.15, 0.2) is 22.7 Å². The Balaban J connectivity index is 2.21. The molecule has 98 valence electrons. The molecule has 5 heteroatoms. The van der Waals surface area contributed by atoms with Crippen LogP contribution in [0.25, 0.3) is 11.0 Å². The molecule has 0 aliphatic carbocycles. The van der Waals surface area contributed by atoms with E-state index in [2.05, 4.69) is 55.9 Å². The van der Waals surface area contributed by atoms with E-state index in [1.54, 1.807) is 7.11 Å². The number of rotatable bonds is 6. The first kappa shape index (κ1) is 13.5. The first-order chi connectivity index (χ1) is 8.76. The molecule has 0 radical (unpaired) electrons. The minimum atomic E-state index is 0.720. The van der Waals surface area contributed by atoms with Gasteiger partial charge in [0.1, 0.15) is 5.82 Å². The number of imidazole rings is 1. The van der Waals surface area contributed by atoms with Crippen molar-refractivity contribution in [3.63, 3.8) is 0 Å². The van der Waals surface area contributed by atoms with Gasteiger partial charge in [0.15, 0.2) is 0 Å². The number of benzene rings is 1. The highest BCUT2D eigenvalue weighted by Gasteiger charge is 2.09. The van der Waals surface area contributed by atoms with Crippen LogP contribution in [0.1, 0.15) is 12.7 Å². The normalized spacial score (nSPS) is 11.3. The molecule has 18 heavy (non-hydrogen) atoms. The maximum Gasteiger partial charge on any atom is 0.123 e. The molecule has 1 aromatic carbocycles. The van der Waals surface area contributed by atoms with E-state index in [0.717, 1.165) is 42.1 Å². The van der Waals surface area contributed by atoms with Crippen molar-refractivity contribution in [2.45, 2.75) is 20.0 Å². The summed E-state index contributed by atoms with van der Waals surface area (Å²) < 4.78 is 8.32. The van der Waals surface area contributed by atoms with Gasteiger partial charge in [0.2, 0.25) is 0 Å². The minimum Gasteiger partial charge on any atom is -0.383 e. The van der Waals surface area contributed by atoms with E-state index < -0.39 is 0 Å². The molecule has 1 heterocycles. The molecular weight excluding hydrogens is 294 g/mol. The number of ether oxygens (including phenoxy) is 1. The highest BCUT2D eigenvalue weighted by Crippen LogP contribution is 2.20. The van der Waals surface area contributed by atoms with Crippen molar-refractivity contribution in [1.82, 2.24) is 14.9 Å². The quantitative estimate of drug-likeness (QED) is 0.833. The van der Waals surface area contributed by atoms with E-state index in [0.29, 0.717) is 0 Å². The molecule has 0 aliphatic rings. The molecule has 0 amide bonds. The molecule has 0 aliphatic heterocycles. The molecule has 1 aromatic heterocycles. The Hall–Kier alpha value is -0.910. The van der Waals surface area contributed by atoms with Gasteiger partial charge in [0.05, 0.1) is 24.2 Å². The van der Waals surface area contributed by atoms with E-state index >= 15 is 0 Å². The number of aromatic nitrogens is 2. The van der Waals surface area contributed by atoms with E-state index in [9.17, 15) is 0 Å². The molecule has 0 spiro atoms. The molecule has 2 aromatic rings. The van der Waals surface area contributed by atoms with Gasteiger partial charge in [-0.25, -0.2) is 4.98 Å². The van der Waals surface area contributed by atoms with E-state index in [4.69, 9.17) is 4.74 Å². The van der Waals surface area contributed by atoms with Crippen LogP contribution < -0.4 is 5.32 Å². The second-order valence-electron chi connectivity index (χ2n) is 4.07. The van der Waals surface area contributed by atoms with Crippen molar-refractivity contribution in [2.24, 2.45) is 0 Å². The highest BCUT2D eigenvalue weighted by molar-refractivity contribution is 9.10. The van der Waals surface area contributed by atoms with Crippen LogP contribution in [-0.2, 0) is 17.8 Å². The Labute approximate surface area is 115 Å². The smallest absolute Gasteiger partial charge is 0.123 e. The largest absolute Gasteiger partial charge is 0.383 e. The lowest BCUT2D eigenvalue weighted by atomic mass is 10.3. The first-order valence-electron chi connectivity index (χ1n) is 6.10. The number of nitrogens with zero attached hydrogens (tertiary/aromatic N) is 2. The zero-order chi connectivity index (χ0) is 13.0. The zero-order valence-electron chi connectivity index (χ0n) is 10.7. The third-order valence-corrected chi connectivity index (χ3v) is 3.36. The fourth-order valence-corrected chi connectivity index (χ4v) is 2.36. The van der Waals surface area contributed by atoms with Gasteiger partial charge >= 0.3 is 0 Å². The summed E-state index contributed by atoms with van der Waals surface area (Å²) in [5.41, 5.74) is 2.22. The summed E-state index contributed by atoms with van der Waals surface area (Å²) in [5.74, 6) is 1.07. The molecule has 0 saturated heterocycles. The second kappa shape index (κ2) is 6.31. The van der Waals surface area contributed by atoms with Crippen molar-refractivity contribution in [1.29, 1.82) is 0 Å². The number of hydrogen-bond donors (Lipinski definition) is 1. The lowest BCUT2D eigenvalue weighted by molar-refractivity contribution is 0.199. The number of aryl methyl sites for hydroxylation is 1. The van der Waals surface area contributed by atoms with Crippen LogP contribution in [-0.4, -0.2) is 29.8 Å². The number of nitrogens with one attached hydrogen (secondary N) is 1. The molecule has 0 bridgehead atoms. The molecule has 0 fully saturated rings. The third-order valence-electron chi connectivity index (χ3n) is 2.87. The van der Waals surface area contributed by atoms with E-state index in [-0.39, 0.29) is 0 Å². The summed E-state index contributed by atoms with van der Waals surface area (Å²) in [4.78, 5) is 4.67. The third kappa shape index (κ3) is 2.91.